The summed E-state index contributed by atoms with van der Waals surface area (Å²) in [6.07, 6.45) is 2.45. The Kier molecular flexibility index (Phi) is 5.39. The Balaban J connectivity index is 2.34. The molecule has 2 rings (SSSR count). The Morgan fingerprint density at radius 1 is 1.42 bits per heavy atom. The third-order valence-electron chi connectivity index (χ3n) is 3.07. The molecule has 0 saturated heterocycles. The summed E-state index contributed by atoms with van der Waals surface area (Å²) < 4.78 is 1.85. The van der Waals surface area contributed by atoms with Crippen LogP contribution in [0.1, 0.15) is 12.5 Å². The van der Waals surface area contributed by atoms with E-state index in [2.05, 4.69) is 10.3 Å². The summed E-state index contributed by atoms with van der Waals surface area (Å²) in [6.45, 7) is 1.35. The third-order valence-corrected chi connectivity index (χ3v) is 3.56. The molecular formula is C14H11Cl2N5O3. The van der Waals surface area contributed by atoms with Gasteiger partial charge in [0.25, 0.3) is 5.56 Å². The van der Waals surface area contributed by atoms with Gasteiger partial charge in [-0.25, -0.2) is 14.3 Å². The molecule has 0 aromatic carbocycles. The maximum Gasteiger partial charge on any atom is 0.331 e. The molecule has 0 radical (unpaired) electrons. The van der Waals surface area contributed by atoms with E-state index >= 15 is 0 Å². The largest absolute Gasteiger partial charge is 0.331 e. The Hall–Kier alpha value is -2.63. The SMILES string of the molecule is CCn1cc(C#N)c(=O)n(CC(=O)Nc2ncc(Cl)cc2Cl)c1=O. The highest BCUT2D eigenvalue weighted by Gasteiger charge is 2.15. The number of nitriles is 1. The normalized spacial score (nSPS) is 10.2. The van der Waals surface area contributed by atoms with Crippen LogP contribution in [-0.2, 0) is 17.9 Å². The van der Waals surface area contributed by atoms with Gasteiger partial charge < -0.3 is 5.32 Å². The smallest absolute Gasteiger partial charge is 0.308 e. The summed E-state index contributed by atoms with van der Waals surface area (Å²) >= 11 is 11.6. The average Bonchev–Trinajstić information content (AvgIpc) is 2.54. The zero-order valence-corrected chi connectivity index (χ0v) is 13.9. The molecule has 0 aliphatic rings. The Labute approximate surface area is 145 Å². The molecule has 1 amide bonds. The monoisotopic (exact) mass is 367 g/mol. The van der Waals surface area contributed by atoms with Crippen molar-refractivity contribution in [3.05, 3.63) is 54.9 Å². The van der Waals surface area contributed by atoms with E-state index in [-0.39, 0.29) is 22.9 Å². The zero-order chi connectivity index (χ0) is 17.9. The molecule has 0 bridgehead atoms. The lowest BCUT2D eigenvalue weighted by atomic mass is 10.3. The topological polar surface area (TPSA) is 110 Å². The van der Waals surface area contributed by atoms with Gasteiger partial charge in [0.15, 0.2) is 5.82 Å². The minimum atomic E-state index is -0.836. The molecule has 0 saturated carbocycles. The fraction of sp³-hybridized carbons (Fsp3) is 0.214. The molecule has 0 spiro atoms. The zero-order valence-electron chi connectivity index (χ0n) is 12.4. The van der Waals surface area contributed by atoms with Crippen molar-refractivity contribution in [2.24, 2.45) is 0 Å². The second-order valence-corrected chi connectivity index (χ2v) is 5.49. The standard InChI is InChI=1S/C14H11Cl2N5O3/c1-2-20-6-8(4-17)13(23)21(14(20)24)7-11(22)19-12-10(16)3-9(15)5-18-12/h3,5-6H,2,7H2,1H3,(H,18,19,22). The molecule has 2 aromatic heterocycles. The van der Waals surface area contributed by atoms with Crippen molar-refractivity contribution >= 4 is 34.9 Å². The summed E-state index contributed by atoms with van der Waals surface area (Å²) in [5.74, 6) is -0.643. The lowest BCUT2D eigenvalue weighted by Gasteiger charge is -2.10. The fourth-order valence-corrected chi connectivity index (χ4v) is 2.35. The first-order chi connectivity index (χ1) is 11.4. The first-order valence-corrected chi connectivity index (χ1v) is 7.48. The van der Waals surface area contributed by atoms with Crippen molar-refractivity contribution in [2.45, 2.75) is 20.0 Å². The van der Waals surface area contributed by atoms with Gasteiger partial charge in [-0.1, -0.05) is 23.2 Å². The van der Waals surface area contributed by atoms with Crippen LogP contribution in [0.3, 0.4) is 0 Å². The third kappa shape index (κ3) is 3.64. The second-order valence-electron chi connectivity index (χ2n) is 4.65. The number of nitrogens with one attached hydrogen (secondary N) is 1. The first kappa shape index (κ1) is 17.7. The summed E-state index contributed by atoms with van der Waals surface area (Å²) in [5.41, 5.74) is -1.75. The number of aromatic nitrogens is 3. The van der Waals surface area contributed by atoms with Gasteiger partial charge in [0.1, 0.15) is 18.2 Å². The minimum Gasteiger partial charge on any atom is -0.308 e. The van der Waals surface area contributed by atoms with Crippen LogP contribution in [0.25, 0.3) is 0 Å². The number of aryl methyl sites for hydroxylation is 1. The number of anilines is 1. The van der Waals surface area contributed by atoms with E-state index in [0.717, 1.165) is 6.20 Å². The van der Waals surface area contributed by atoms with Crippen LogP contribution in [0.4, 0.5) is 5.82 Å². The maximum absolute atomic E-state index is 12.2. The number of carbonyl (C=O) groups is 1. The number of carbonyl (C=O) groups excluding carboxylic acids is 1. The van der Waals surface area contributed by atoms with Gasteiger partial charge in [-0.3, -0.25) is 14.2 Å². The van der Waals surface area contributed by atoms with Crippen LogP contribution < -0.4 is 16.6 Å². The number of halogens is 2. The van der Waals surface area contributed by atoms with E-state index < -0.39 is 23.7 Å². The Bertz CT molecular complexity index is 958. The molecule has 124 valence electrons. The maximum atomic E-state index is 12.2. The molecule has 0 fully saturated rings. The molecule has 0 aliphatic heterocycles. The summed E-state index contributed by atoms with van der Waals surface area (Å²) in [6, 6.07) is 3.09. The predicted octanol–water partition coefficient (Wildman–Crippen LogP) is 1.24. The number of nitrogens with zero attached hydrogens (tertiary/aromatic N) is 4. The van der Waals surface area contributed by atoms with Gasteiger partial charge in [0.05, 0.1) is 10.0 Å². The van der Waals surface area contributed by atoms with Crippen molar-refractivity contribution < 1.29 is 4.79 Å². The van der Waals surface area contributed by atoms with Crippen molar-refractivity contribution in [3.63, 3.8) is 0 Å². The number of amides is 1. The molecule has 0 aliphatic carbocycles. The number of hydrogen-bond donors (Lipinski definition) is 1. The summed E-state index contributed by atoms with van der Waals surface area (Å²) in [4.78, 5) is 40.2. The number of hydrogen-bond acceptors (Lipinski definition) is 5. The fourth-order valence-electron chi connectivity index (χ4n) is 1.92. The lowest BCUT2D eigenvalue weighted by Crippen LogP contribution is -2.43. The van der Waals surface area contributed by atoms with Gasteiger partial charge in [-0.15, -0.1) is 0 Å². The average molecular weight is 368 g/mol. The molecule has 10 heteroatoms. The highest BCUT2D eigenvalue weighted by molar-refractivity contribution is 6.36. The highest BCUT2D eigenvalue weighted by atomic mass is 35.5. The molecule has 24 heavy (non-hydrogen) atoms. The highest BCUT2D eigenvalue weighted by Crippen LogP contribution is 2.22. The van der Waals surface area contributed by atoms with Gasteiger partial charge in [-0.2, -0.15) is 5.26 Å². The van der Waals surface area contributed by atoms with Crippen LogP contribution in [0.15, 0.2) is 28.0 Å². The molecule has 2 aromatic rings. The number of pyridine rings is 1. The molecule has 8 nitrogen and oxygen atoms in total. The van der Waals surface area contributed by atoms with Gasteiger partial charge in [0, 0.05) is 18.9 Å². The second kappa shape index (κ2) is 7.29. The van der Waals surface area contributed by atoms with Crippen LogP contribution in [-0.4, -0.2) is 20.0 Å². The van der Waals surface area contributed by atoms with E-state index in [4.69, 9.17) is 28.5 Å². The quantitative estimate of drug-likeness (QED) is 0.873. The predicted molar refractivity (Wildman–Crippen MR) is 88.2 cm³/mol. The Morgan fingerprint density at radius 2 is 2.12 bits per heavy atom. The van der Waals surface area contributed by atoms with Crippen molar-refractivity contribution in [1.82, 2.24) is 14.1 Å². The van der Waals surface area contributed by atoms with E-state index in [1.807, 2.05) is 0 Å². The molecule has 1 N–H and O–H groups in total. The van der Waals surface area contributed by atoms with Crippen LogP contribution in [0.5, 0.6) is 0 Å². The Morgan fingerprint density at radius 3 is 2.71 bits per heavy atom. The molecule has 0 atom stereocenters. The van der Waals surface area contributed by atoms with Crippen LogP contribution in [0, 0.1) is 11.3 Å². The van der Waals surface area contributed by atoms with E-state index in [9.17, 15) is 14.4 Å². The lowest BCUT2D eigenvalue weighted by molar-refractivity contribution is -0.116. The van der Waals surface area contributed by atoms with Crippen LogP contribution >= 0.6 is 23.2 Å². The summed E-state index contributed by atoms with van der Waals surface area (Å²) in [5, 5.41) is 11.8. The van der Waals surface area contributed by atoms with E-state index in [1.165, 1.54) is 16.8 Å². The van der Waals surface area contributed by atoms with Crippen LogP contribution in [0.2, 0.25) is 10.0 Å². The number of rotatable bonds is 4. The van der Waals surface area contributed by atoms with Crippen molar-refractivity contribution in [1.29, 1.82) is 5.26 Å². The first-order valence-electron chi connectivity index (χ1n) is 6.72. The van der Waals surface area contributed by atoms with E-state index in [0.29, 0.717) is 9.59 Å². The van der Waals surface area contributed by atoms with Crippen molar-refractivity contribution in [3.8, 4) is 6.07 Å². The molecule has 0 unspecified atom stereocenters. The minimum absolute atomic E-state index is 0.0476. The van der Waals surface area contributed by atoms with Gasteiger partial charge in [0.2, 0.25) is 5.91 Å². The molecular weight excluding hydrogens is 357 g/mol. The van der Waals surface area contributed by atoms with Gasteiger partial charge >= 0.3 is 5.69 Å². The van der Waals surface area contributed by atoms with Gasteiger partial charge in [-0.05, 0) is 13.0 Å². The molecule has 2 heterocycles. The van der Waals surface area contributed by atoms with E-state index in [1.54, 1.807) is 13.0 Å². The van der Waals surface area contributed by atoms with Crippen molar-refractivity contribution in [2.75, 3.05) is 5.32 Å². The summed E-state index contributed by atoms with van der Waals surface area (Å²) in [7, 11) is 0.